The third-order valence-corrected chi connectivity index (χ3v) is 4.16. The standard InChI is InChI=1S/C21H19ClN2O3/c1-2-26-21(25)16-8-5-7-15(12-16)20-11-10-18(27-20)14-24-23-13-17-6-3-4-9-19(17)22/h3-12,14,23H,2,13H2,1H3/b24-14-. The summed E-state index contributed by atoms with van der Waals surface area (Å²) in [6.45, 7) is 2.64. The van der Waals surface area contributed by atoms with Gasteiger partial charge in [0.1, 0.15) is 11.5 Å². The number of furan rings is 1. The highest BCUT2D eigenvalue weighted by Gasteiger charge is 2.09. The third kappa shape index (κ3) is 4.99. The molecule has 0 radical (unpaired) electrons. The molecule has 1 aromatic heterocycles. The minimum atomic E-state index is -0.350. The highest BCUT2D eigenvalue weighted by molar-refractivity contribution is 6.31. The van der Waals surface area contributed by atoms with Gasteiger partial charge in [0.05, 0.1) is 24.9 Å². The Labute approximate surface area is 162 Å². The number of carbonyl (C=O) groups is 1. The first-order chi connectivity index (χ1) is 13.2. The lowest BCUT2D eigenvalue weighted by Crippen LogP contribution is -2.05. The SMILES string of the molecule is CCOC(=O)c1cccc(-c2ccc(/C=N\NCc3ccccc3Cl)o2)c1. The second-order valence-corrected chi connectivity index (χ2v) is 6.09. The fourth-order valence-electron chi connectivity index (χ4n) is 2.47. The molecule has 0 spiro atoms. The number of rotatable bonds is 7. The van der Waals surface area contributed by atoms with E-state index in [9.17, 15) is 4.79 Å². The zero-order valence-electron chi connectivity index (χ0n) is 14.8. The molecule has 27 heavy (non-hydrogen) atoms. The number of hydrogen-bond donors (Lipinski definition) is 1. The van der Waals surface area contributed by atoms with Crippen molar-refractivity contribution in [1.82, 2.24) is 5.43 Å². The fraction of sp³-hybridized carbons (Fsp3) is 0.143. The van der Waals surface area contributed by atoms with E-state index in [-0.39, 0.29) is 5.97 Å². The highest BCUT2D eigenvalue weighted by atomic mass is 35.5. The maximum Gasteiger partial charge on any atom is 0.338 e. The smallest absolute Gasteiger partial charge is 0.338 e. The lowest BCUT2D eigenvalue weighted by molar-refractivity contribution is 0.0526. The molecule has 1 heterocycles. The number of hydrazone groups is 1. The summed E-state index contributed by atoms with van der Waals surface area (Å²) < 4.78 is 10.8. The highest BCUT2D eigenvalue weighted by Crippen LogP contribution is 2.23. The van der Waals surface area contributed by atoms with Crippen LogP contribution in [0.5, 0.6) is 0 Å². The molecule has 0 atom stereocenters. The fourth-order valence-corrected chi connectivity index (χ4v) is 2.68. The molecule has 0 bridgehead atoms. The van der Waals surface area contributed by atoms with Gasteiger partial charge in [0, 0.05) is 10.6 Å². The lowest BCUT2D eigenvalue weighted by atomic mass is 10.1. The molecule has 0 fully saturated rings. The van der Waals surface area contributed by atoms with Gasteiger partial charge in [-0.3, -0.25) is 0 Å². The molecule has 0 aliphatic rings. The zero-order chi connectivity index (χ0) is 19.1. The number of halogens is 1. The Kier molecular flexibility index (Phi) is 6.28. The minimum absolute atomic E-state index is 0.339. The van der Waals surface area contributed by atoms with Crippen molar-refractivity contribution in [3.8, 4) is 11.3 Å². The Hall–Kier alpha value is -3.05. The van der Waals surface area contributed by atoms with Gasteiger partial charge in [-0.25, -0.2) is 4.79 Å². The first-order valence-corrected chi connectivity index (χ1v) is 8.92. The Balaban J connectivity index is 1.64. The number of nitrogens with one attached hydrogen (secondary N) is 1. The van der Waals surface area contributed by atoms with Crippen molar-refractivity contribution in [2.75, 3.05) is 6.61 Å². The van der Waals surface area contributed by atoms with Crippen LogP contribution >= 0.6 is 11.6 Å². The largest absolute Gasteiger partial charge is 0.462 e. The Morgan fingerprint density at radius 1 is 1.19 bits per heavy atom. The molecule has 3 aromatic rings. The van der Waals surface area contributed by atoms with Gasteiger partial charge < -0.3 is 14.6 Å². The molecule has 2 aromatic carbocycles. The van der Waals surface area contributed by atoms with Gasteiger partial charge in [0.25, 0.3) is 0 Å². The van der Waals surface area contributed by atoms with Crippen LogP contribution in [0.4, 0.5) is 0 Å². The lowest BCUT2D eigenvalue weighted by Gasteiger charge is -2.03. The third-order valence-electron chi connectivity index (χ3n) is 3.80. The first-order valence-electron chi connectivity index (χ1n) is 8.54. The number of esters is 1. The molecule has 0 saturated carbocycles. The summed E-state index contributed by atoms with van der Waals surface area (Å²) in [5.41, 5.74) is 5.19. The van der Waals surface area contributed by atoms with E-state index in [0.29, 0.717) is 35.3 Å². The molecule has 3 rings (SSSR count). The number of benzene rings is 2. The molecular weight excluding hydrogens is 364 g/mol. The van der Waals surface area contributed by atoms with Gasteiger partial charge in [-0.05, 0) is 42.8 Å². The molecule has 6 heteroatoms. The van der Waals surface area contributed by atoms with Crippen LogP contribution in [0.1, 0.15) is 28.6 Å². The van der Waals surface area contributed by atoms with E-state index >= 15 is 0 Å². The minimum Gasteiger partial charge on any atom is -0.462 e. The molecule has 0 amide bonds. The van der Waals surface area contributed by atoms with Crippen LogP contribution < -0.4 is 5.43 Å². The second-order valence-electron chi connectivity index (χ2n) is 5.69. The Bertz CT molecular complexity index is 950. The molecule has 1 N–H and O–H groups in total. The van der Waals surface area contributed by atoms with Crippen molar-refractivity contribution in [2.45, 2.75) is 13.5 Å². The molecular formula is C21H19ClN2O3. The topological polar surface area (TPSA) is 63.8 Å². The first kappa shape index (κ1) is 18.7. The van der Waals surface area contributed by atoms with E-state index in [0.717, 1.165) is 11.1 Å². The van der Waals surface area contributed by atoms with Crippen molar-refractivity contribution in [3.05, 3.63) is 82.6 Å². The quantitative estimate of drug-likeness (QED) is 0.358. The predicted molar refractivity (Wildman–Crippen MR) is 106 cm³/mol. The van der Waals surface area contributed by atoms with Gasteiger partial charge in [0.15, 0.2) is 0 Å². The number of nitrogens with zero attached hydrogens (tertiary/aromatic N) is 1. The molecule has 0 aliphatic heterocycles. The van der Waals surface area contributed by atoms with E-state index < -0.39 is 0 Å². The summed E-state index contributed by atoms with van der Waals surface area (Å²) in [6.07, 6.45) is 1.59. The monoisotopic (exact) mass is 382 g/mol. The van der Waals surface area contributed by atoms with Gasteiger partial charge in [-0.1, -0.05) is 41.9 Å². The van der Waals surface area contributed by atoms with Gasteiger partial charge in [0.2, 0.25) is 0 Å². The van der Waals surface area contributed by atoms with Crippen molar-refractivity contribution < 1.29 is 13.9 Å². The molecule has 0 aliphatic carbocycles. The van der Waals surface area contributed by atoms with Crippen molar-refractivity contribution in [3.63, 3.8) is 0 Å². The molecule has 0 saturated heterocycles. The van der Waals surface area contributed by atoms with Crippen LogP contribution in [0, 0.1) is 0 Å². The summed E-state index contributed by atoms with van der Waals surface area (Å²) in [6, 6.07) is 18.4. The maximum absolute atomic E-state index is 11.9. The normalized spacial score (nSPS) is 10.9. The van der Waals surface area contributed by atoms with Crippen LogP contribution in [0.15, 0.2) is 70.2 Å². The van der Waals surface area contributed by atoms with Crippen LogP contribution in [0.2, 0.25) is 5.02 Å². The average molecular weight is 383 g/mol. The number of carbonyl (C=O) groups excluding carboxylic acids is 1. The average Bonchev–Trinajstić information content (AvgIpc) is 3.16. The van der Waals surface area contributed by atoms with Gasteiger partial charge in [-0.15, -0.1) is 0 Å². The van der Waals surface area contributed by atoms with E-state index in [1.165, 1.54) is 0 Å². The maximum atomic E-state index is 11.9. The zero-order valence-corrected chi connectivity index (χ0v) is 15.6. The Morgan fingerprint density at radius 3 is 2.85 bits per heavy atom. The van der Waals surface area contributed by atoms with Crippen LogP contribution in [-0.2, 0) is 11.3 Å². The van der Waals surface area contributed by atoms with Crippen LogP contribution in [-0.4, -0.2) is 18.8 Å². The van der Waals surface area contributed by atoms with E-state index in [2.05, 4.69) is 10.5 Å². The van der Waals surface area contributed by atoms with E-state index in [4.69, 9.17) is 20.8 Å². The second kappa shape index (κ2) is 9.05. The van der Waals surface area contributed by atoms with Crippen molar-refractivity contribution in [1.29, 1.82) is 0 Å². The summed E-state index contributed by atoms with van der Waals surface area (Å²) in [5.74, 6) is 0.892. The molecule has 0 unspecified atom stereocenters. The summed E-state index contributed by atoms with van der Waals surface area (Å²) in [7, 11) is 0. The van der Waals surface area contributed by atoms with Crippen molar-refractivity contribution >= 4 is 23.8 Å². The predicted octanol–water partition coefficient (Wildman–Crippen LogP) is 4.90. The summed E-state index contributed by atoms with van der Waals surface area (Å²) >= 11 is 6.10. The van der Waals surface area contributed by atoms with Crippen LogP contribution in [0.3, 0.4) is 0 Å². The van der Waals surface area contributed by atoms with Crippen molar-refractivity contribution in [2.24, 2.45) is 5.10 Å². The van der Waals surface area contributed by atoms with E-state index in [1.54, 1.807) is 31.3 Å². The molecule has 138 valence electrons. The number of ether oxygens (including phenoxy) is 1. The summed E-state index contributed by atoms with van der Waals surface area (Å²) in [5, 5.41) is 4.85. The summed E-state index contributed by atoms with van der Waals surface area (Å²) in [4.78, 5) is 11.9. The van der Waals surface area contributed by atoms with E-state index in [1.807, 2.05) is 42.5 Å². The van der Waals surface area contributed by atoms with Gasteiger partial charge in [-0.2, -0.15) is 5.10 Å². The molecule has 5 nitrogen and oxygen atoms in total. The number of hydrogen-bond acceptors (Lipinski definition) is 5. The van der Waals surface area contributed by atoms with Gasteiger partial charge >= 0.3 is 5.97 Å². The Morgan fingerprint density at radius 2 is 2.04 bits per heavy atom. The van der Waals surface area contributed by atoms with Crippen LogP contribution in [0.25, 0.3) is 11.3 Å².